The van der Waals surface area contributed by atoms with Crippen LogP contribution in [0.2, 0.25) is 0 Å². The molecular formula is C18H18O3. The second-order valence-electron chi connectivity index (χ2n) is 4.40. The molecule has 0 amide bonds. The summed E-state index contributed by atoms with van der Waals surface area (Å²) >= 11 is 0. The summed E-state index contributed by atoms with van der Waals surface area (Å²) in [4.78, 5) is 0. The second-order valence-corrected chi connectivity index (χ2v) is 4.40. The van der Waals surface area contributed by atoms with Crippen LogP contribution in [0.25, 0.3) is 0 Å². The molecule has 0 fully saturated rings. The SMILES string of the molecule is COc1ccc(C#CCCO)c(COc2ccccc2)c1. The highest BCUT2D eigenvalue weighted by Gasteiger charge is 2.04. The molecule has 0 aromatic heterocycles. The first-order valence-corrected chi connectivity index (χ1v) is 6.78. The Balaban J connectivity index is 2.17. The summed E-state index contributed by atoms with van der Waals surface area (Å²) in [5.41, 5.74) is 1.85. The molecule has 2 rings (SSSR count). The maximum Gasteiger partial charge on any atom is 0.119 e. The maximum absolute atomic E-state index is 8.80. The molecule has 0 aliphatic heterocycles. The van der Waals surface area contributed by atoms with Crippen LogP contribution in [0, 0.1) is 11.8 Å². The van der Waals surface area contributed by atoms with Crippen molar-refractivity contribution in [3.63, 3.8) is 0 Å². The standard InChI is InChI=1S/C18H18O3/c1-20-18-11-10-15(7-5-6-12-19)16(13-18)14-21-17-8-3-2-4-9-17/h2-4,8-11,13,19H,6,12,14H2,1H3. The fourth-order valence-electron chi connectivity index (χ4n) is 1.83. The third kappa shape index (κ3) is 4.55. The predicted molar refractivity (Wildman–Crippen MR) is 82.3 cm³/mol. The van der Waals surface area contributed by atoms with Crippen molar-refractivity contribution in [1.29, 1.82) is 0 Å². The van der Waals surface area contributed by atoms with Gasteiger partial charge in [0, 0.05) is 17.5 Å². The lowest BCUT2D eigenvalue weighted by atomic mass is 10.1. The Labute approximate surface area is 125 Å². The average Bonchev–Trinajstić information content (AvgIpc) is 2.55. The normalized spacial score (nSPS) is 9.62. The van der Waals surface area contributed by atoms with E-state index in [-0.39, 0.29) is 6.61 Å². The largest absolute Gasteiger partial charge is 0.497 e. The van der Waals surface area contributed by atoms with Crippen LogP contribution in [-0.2, 0) is 6.61 Å². The van der Waals surface area contributed by atoms with Gasteiger partial charge in [-0.1, -0.05) is 30.0 Å². The van der Waals surface area contributed by atoms with Crippen molar-refractivity contribution in [3.05, 3.63) is 59.7 Å². The van der Waals surface area contributed by atoms with Gasteiger partial charge in [0.05, 0.1) is 13.7 Å². The highest BCUT2D eigenvalue weighted by Crippen LogP contribution is 2.19. The van der Waals surface area contributed by atoms with Crippen molar-refractivity contribution >= 4 is 0 Å². The van der Waals surface area contributed by atoms with Crippen LogP contribution in [0.15, 0.2) is 48.5 Å². The Morgan fingerprint density at radius 1 is 1.05 bits per heavy atom. The summed E-state index contributed by atoms with van der Waals surface area (Å²) in [5.74, 6) is 7.57. The van der Waals surface area contributed by atoms with Gasteiger partial charge in [-0.15, -0.1) is 0 Å². The molecule has 0 heterocycles. The molecule has 0 aliphatic rings. The minimum Gasteiger partial charge on any atom is -0.497 e. The van der Waals surface area contributed by atoms with E-state index in [1.165, 1.54) is 0 Å². The highest BCUT2D eigenvalue weighted by molar-refractivity contribution is 5.45. The predicted octanol–water partition coefficient (Wildman–Crippen LogP) is 3.01. The van der Waals surface area contributed by atoms with Crippen LogP contribution in [0.5, 0.6) is 11.5 Å². The molecule has 108 valence electrons. The van der Waals surface area contributed by atoms with Gasteiger partial charge < -0.3 is 14.6 Å². The summed E-state index contributed by atoms with van der Waals surface area (Å²) in [6.45, 7) is 0.489. The van der Waals surface area contributed by atoms with Crippen molar-refractivity contribution < 1.29 is 14.6 Å². The quantitative estimate of drug-likeness (QED) is 0.857. The van der Waals surface area contributed by atoms with Crippen molar-refractivity contribution in [1.82, 2.24) is 0 Å². The molecule has 1 N–H and O–H groups in total. The number of hydrogen-bond donors (Lipinski definition) is 1. The fourth-order valence-corrected chi connectivity index (χ4v) is 1.83. The van der Waals surface area contributed by atoms with Crippen molar-refractivity contribution in [2.24, 2.45) is 0 Å². The van der Waals surface area contributed by atoms with Crippen LogP contribution >= 0.6 is 0 Å². The van der Waals surface area contributed by atoms with Gasteiger partial charge >= 0.3 is 0 Å². The van der Waals surface area contributed by atoms with Gasteiger partial charge in [-0.05, 0) is 30.3 Å². The van der Waals surface area contributed by atoms with Gasteiger partial charge in [-0.2, -0.15) is 0 Å². The summed E-state index contributed by atoms with van der Waals surface area (Å²) in [7, 11) is 1.63. The smallest absolute Gasteiger partial charge is 0.119 e. The molecule has 0 radical (unpaired) electrons. The fraction of sp³-hybridized carbons (Fsp3) is 0.222. The molecule has 0 bridgehead atoms. The molecule has 21 heavy (non-hydrogen) atoms. The summed E-state index contributed by atoms with van der Waals surface area (Å²) in [6, 6.07) is 15.3. The lowest BCUT2D eigenvalue weighted by Gasteiger charge is -2.09. The van der Waals surface area contributed by atoms with E-state index >= 15 is 0 Å². The van der Waals surface area contributed by atoms with Crippen LogP contribution < -0.4 is 9.47 Å². The number of aliphatic hydroxyl groups is 1. The number of benzene rings is 2. The number of ether oxygens (including phenoxy) is 2. The lowest BCUT2D eigenvalue weighted by molar-refractivity contribution is 0.304. The molecule has 0 atom stereocenters. The number of para-hydroxylation sites is 1. The third-order valence-corrected chi connectivity index (χ3v) is 2.91. The molecule has 0 unspecified atom stereocenters. The number of methoxy groups -OCH3 is 1. The third-order valence-electron chi connectivity index (χ3n) is 2.91. The van der Waals surface area contributed by atoms with Gasteiger partial charge in [0.1, 0.15) is 18.1 Å². The van der Waals surface area contributed by atoms with E-state index in [9.17, 15) is 0 Å². The second kappa shape index (κ2) is 7.98. The Morgan fingerprint density at radius 3 is 2.57 bits per heavy atom. The van der Waals surface area contributed by atoms with Crippen LogP contribution in [0.1, 0.15) is 17.5 Å². The van der Waals surface area contributed by atoms with Crippen LogP contribution in [0.4, 0.5) is 0 Å². The Hall–Kier alpha value is -2.44. The Bertz CT molecular complexity index is 624. The van der Waals surface area contributed by atoms with Crippen molar-refractivity contribution in [2.75, 3.05) is 13.7 Å². The van der Waals surface area contributed by atoms with Crippen molar-refractivity contribution in [2.45, 2.75) is 13.0 Å². The zero-order valence-corrected chi connectivity index (χ0v) is 12.0. The molecule has 0 spiro atoms. The minimum absolute atomic E-state index is 0.0685. The zero-order valence-electron chi connectivity index (χ0n) is 12.0. The van der Waals surface area contributed by atoms with Crippen molar-refractivity contribution in [3.8, 4) is 23.3 Å². The Kier molecular flexibility index (Phi) is 5.69. The zero-order chi connectivity index (χ0) is 14.9. The summed E-state index contributed by atoms with van der Waals surface area (Å²) in [5, 5.41) is 8.80. The van der Waals surface area contributed by atoms with E-state index in [4.69, 9.17) is 14.6 Å². The summed E-state index contributed by atoms with van der Waals surface area (Å²) in [6.07, 6.45) is 0.463. The maximum atomic E-state index is 8.80. The van der Waals surface area contributed by atoms with Gasteiger partial charge in [0.2, 0.25) is 0 Å². The van der Waals surface area contributed by atoms with E-state index in [1.54, 1.807) is 7.11 Å². The average molecular weight is 282 g/mol. The molecule has 3 heteroatoms. The van der Waals surface area contributed by atoms with Gasteiger partial charge in [0.15, 0.2) is 0 Å². The van der Waals surface area contributed by atoms with Crippen LogP contribution in [0.3, 0.4) is 0 Å². The summed E-state index contributed by atoms with van der Waals surface area (Å²) < 4.78 is 11.0. The molecule has 0 saturated heterocycles. The van der Waals surface area contributed by atoms with Crippen LogP contribution in [-0.4, -0.2) is 18.8 Å². The van der Waals surface area contributed by atoms with E-state index < -0.39 is 0 Å². The molecule has 0 aliphatic carbocycles. The molecule has 0 saturated carbocycles. The van der Waals surface area contributed by atoms with Gasteiger partial charge in [0.25, 0.3) is 0 Å². The van der Waals surface area contributed by atoms with E-state index in [1.807, 2.05) is 48.5 Å². The molecule has 2 aromatic rings. The molecular weight excluding hydrogens is 264 g/mol. The molecule has 3 nitrogen and oxygen atoms in total. The monoisotopic (exact) mass is 282 g/mol. The first kappa shape index (κ1) is 15.0. The highest BCUT2D eigenvalue weighted by atomic mass is 16.5. The van der Waals surface area contributed by atoms with E-state index in [0.717, 1.165) is 22.6 Å². The van der Waals surface area contributed by atoms with Gasteiger partial charge in [-0.3, -0.25) is 0 Å². The first-order chi connectivity index (χ1) is 10.3. The molecule has 2 aromatic carbocycles. The van der Waals surface area contributed by atoms with E-state index in [2.05, 4.69) is 11.8 Å². The van der Waals surface area contributed by atoms with Gasteiger partial charge in [-0.25, -0.2) is 0 Å². The topological polar surface area (TPSA) is 38.7 Å². The number of hydrogen-bond acceptors (Lipinski definition) is 3. The van der Waals surface area contributed by atoms with E-state index in [0.29, 0.717) is 13.0 Å². The lowest BCUT2D eigenvalue weighted by Crippen LogP contribution is -1.99. The first-order valence-electron chi connectivity index (χ1n) is 6.78. The minimum atomic E-state index is 0.0685. The number of rotatable bonds is 5. The number of aliphatic hydroxyl groups excluding tert-OH is 1. The Morgan fingerprint density at radius 2 is 1.86 bits per heavy atom.